The van der Waals surface area contributed by atoms with Crippen molar-refractivity contribution < 1.29 is 0 Å². The summed E-state index contributed by atoms with van der Waals surface area (Å²) >= 11 is 6.15. The van der Waals surface area contributed by atoms with E-state index in [1.807, 2.05) is 18.2 Å². The Bertz CT molecular complexity index is 519. The Morgan fingerprint density at radius 2 is 1.74 bits per heavy atom. The molecular formula is C17H20ClN. The zero-order chi connectivity index (χ0) is 13.7. The fourth-order valence-corrected chi connectivity index (χ4v) is 2.41. The molecule has 0 bridgehead atoms. The van der Waals surface area contributed by atoms with Crippen LogP contribution in [0.25, 0.3) is 0 Å². The van der Waals surface area contributed by atoms with Gasteiger partial charge in [-0.3, -0.25) is 0 Å². The van der Waals surface area contributed by atoms with E-state index in [1.54, 1.807) is 0 Å². The summed E-state index contributed by atoms with van der Waals surface area (Å²) in [4.78, 5) is 0. The lowest BCUT2D eigenvalue weighted by molar-refractivity contribution is 0.651. The van der Waals surface area contributed by atoms with E-state index in [0.29, 0.717) is 0 Å². The normalized spacial score (nSPS) is 12.4. The first-order valence-electron chi connectivity index (χ1n) is 6.78. The number of halogens is 1. The molecule has 0 radical (unpaired) electrons. The molecule has 0 spiro atoms. The van der Waals surface area contributed by atoms with Crippen LogP contribution in [-0.2, 0) is 12.8 Å². The molecule has 1 unspecified atom stereocenters. The van der Waals surface area contributed by atoms with E-state index >= 15 is 0 Å². The molecule has 0 heterocycles. The number of nitrogens with two attached hydrogens (primary N) is 1. The molecule has 0 aromatic heterocycles. The lowest BCUT2D eigenvalue weighted by Crippen LogP contribution is -2.11. The van der Waals surface area contributed by atoms with Gasteiger partial charge in [-0.15, -0.1) is 0 Å². The molecule has 2 aromatic rings. The maximum Gasteiger partial charge on any atom is 0.0437 e. The average Bonchev–Trinajstić information content (AvgIpc) is 2.46. The third-order valence-corrected chi connectivity index (χ3v) is 3.87. The summed E-state index contributed by atoms with van der Waals surface area (Å²) in [5, 5.41) is 0.830. The molecule has 0 saturated carbocycles. The van der Waals surface area contributed by atoms with E-state index in [9.17, 15) is 0 Å². The molecule has 2 heteroatoms. The summed E-state index contributed by atoms with van der Waals surface area (Å²) in [5.74, 6) is 0. The van der Waals surface area contributed by atoms with Gasteiger partial charge in [0, 0.05) is 11.1 Å². The summed E-state index contributed by atoms with van der Waals surface area (Å²) < 4.78 is 0. The Morgan fingerprint density at radius 1 is 1.05 bits per heavy atom. The molecule has 1 nitrogen and oxygen atoms in total. The zero-order valence-corrected chi connectivity index (χ0v) is 12.0. The Labute approximate surface area is 120 Å². The molecule has 0 aliphatic rings. The molecule has 0 fully saturated rings. The first kappa shape index (κ1) is 14.1. The minimum Gasteiger partial charge on any atom is -0.324 e. The second kappa shape index (κ2) is 6.74. The molecule has 0 aliphatic heterocycles. The summed E-state index contributed by atoms with van der Waals surface area (Å²) in [6.07, 6.45) is 2.89. The van der Waals surface area contributed by atoms with Crippen LogP contribution in [0.1, 0.15) is 36.1 Å². The third kappa shape index (κ3) is 3.82. The second-order valence-corrected chi connectivity index (χ2v) is 5.24. The van der Waals surface area contributed by atoms with Gasteiger partial charge in [0.1, 0.15) is 0 Å². The molecule has 100 valence electrons. The molecular weight excluding hydrogens is 254 g/mol. The van der Waals surface area contributed by atoms with Crippen LogP contribution in [0.2, 0.25) is 5.02 Å². The van der Waals surface area contributed by atoms with Crippen molar-refractivity contribution in [1.29, 1.82) is 0 Å². The number of hydrogen-bond donors (Lipinski definition) is 1. The molecule has 2 rings (SSSR count). The van der Waals surface area contributed by atoms with Crippen LogP contribution in [0.4, 0.5) is 0 Å². The SMILES string of the molecule is CCc1ccc(C(N)CCc2ccccc2Cl)cc1. The van der Waals surface area contributed by atoms with Crippen molar-refractivity contribution in [3.05, 3.63) is 70.2 Å². The maximum absolute atomic E-state index is 6.24. The summed E-state index contributed by atoms with van der Waals surface area (Å²) in [6.45, 7) is 2.16. The van der Waals surface area contributed by atoms with Gasteiger partial charge in [-0.05, 0) is 42.0 Å². The molecule has 0 amide bonds. The number of hydrogen-bond acceptors (Lipinski definition) is 1. The Hall–Kier alpha value is -1.31. The topological polar surface area (TPSA) is 26.0 Å². The molecule has 19 heavy (non-hydrogen) atoms. The predicted molar refractivity (Wildman–Crippen MR) is 82.5 cm³/mol. The van der Waals surface area contributed by atoms with Crippen molar-refractivity contribution in [1.82, 2.24) is 0 Å². The van der Waals surface area contributed by atoms with Gasteiger partial charge in [-0.1, -0.05) is 61.0 Å². The van der Waals surface area contributed by atoms with Crippen LogP contribution in [0.3, 0.4) is 0 Å². The van der Waals surface area contributed by atoms with Crippen molar-refractivity contribution in [3.63, 3.8) is 0 Å². The van der Waals surface area contributed by atoms with E-state index in [2.05, 4.69) is 37.3 Å². The van der Waals surface area contributed by atoms with Crippen molar-refractivity contribution in [2.24, 2.45) is 5.73 Å². The molecule has 1 atom stereocenters. The van der Waals surface area contributed by atoms with Crippen LogP contribution < -0.4 is 5.73 Å². The van der Waals surface area contributed by atoms with Crippen molar-refractivity contribution in [3.8, 4) is 0 Å². The van der Waals surface area contributed by atoms with Crippen LogP contribution >= 0.6 is 11.6 Å². The van der Waals surface area contributed by atoms with Crippen molar-refractivity contribution in [2.75, 3.05) is 0 Å². The minimum atomic E-state index is 0.0715. The largest absolute Gasteiger partial charge is 0.324 e. The number of rotatable bonds is 5. The van der Waals surface area contributed by atoms with E-state index < -0.39 is 0 Å². The van der Waals surface area contributed by atoms with Crippen LogP contribution in [0.5, 0.6) is 0 Å². The quantitative estimate of drug-likeness (QED) is 0.851. The number of aryl methyl sites for hydroxylation is 2. The predicted octanol–water partition coefficient (Wildman–Crippen LogP) is 4.54. The van der Waals surface area contributed by atoms with E-state index in [1.165, 1.54) is 16.7 Å². The average molecular weight is 274 g/mol. The van der Waals surface area contributed by atoms with Gasteiger partial charge in [-0.2, -0.15) is 0 Å². The molecule has 2 N–H and O–H groups in total. The number of benzene rings is 2. The van der Waals surface area contributed by atoms with E-state index in [4.69, 9.17) is 17.3 Å². The van der Waals surface area contributed by atoms with Crippen LogP contribution in [0.15, 0.2) is 48.5 Å². The fraction of sp³-hybridized carbons (Fsp3) is 0.294. The van der Waals surface area contributed by atoms with Gasteiger partial charge in [0.2, 0.25) is 0 Å². The van der Waals surface area contributed by atoms with Gasteiger partial charge in [0.05, 0.1) is 0 Å². The first-order chi connectivity index (χ1) is 9.20. The molecule has 2 aromatic carbocycles. The summed E-state index contributed by atoms with van der Waals surface area (Å²) in [5.41, 5.74) is 9.96. The standard InChI is InChI=1S/C17H20ClN/c1-2-13-7-9-15(10-8-13)17(19)12-11-14-5-3-4-6-16(14)18/h3-10,17H,2,11-12,19H2,1H3. The van der Waals surface area contributed by atoms with Gasteiger partial charge in [0.15, 0.2) is 0 Å². The highest BCUT2D eigenvalue weighted by Gasteiger charge is 2.07. The highest BCUT2D eigenvalue weighted by molar-refractivity contribution is 6.31. The second-order valence-electron chi connectivity index (χ2n) is 4.83. The highest BCUT2D eigenvalue weighted by atomic mass is 35.5. The lowest BCUT2D eigenvalue weighted by Gasteiger charge is -2.13. The fourth-order valence-electron chi connectivity index (χ4n) is 2.18. The minimum absolute atomic E-state index is 0.0715. The van der Waals surface area contributed by atoms with Crippen LogP contribution in [0, 0.1) is 0 Å². The van der Waals surface area contributed by atoms with Gasteiger partial charge >= 0.3 is 0 Å². The van der Waals surface area contributed by atoms with Crippen LogP contribution in [-0.4, -0.2) is 0 Å². The van der Waals surface area contributed by atoms with Gasteiger partial charge in [0.25, 0.3) is 0 Å². The van der Waals surface area contributed by atoms with Crippen molar-refractivity contribution >= 4 is 11.6 Å². The van der Waals surface area contributed by atoms with Gasteiger partial charge < -0.3 is 5.73 Å². The molecule has 0 aliphatic carbocycles. The smallest absolute Gasteiger partial charge is 0.0437 e. The third-order valence-electron chi connectivity index (χ3n) is 3.50. The molecule has 0 saturated heterocycles. The monoisotopic (exact) mass is 273 g/mol. The lowest BCUT2D eigenvalue weighted by atomic mass is 9.98. The summed E-state index contributed by atoms with van der Waals surface area (Å²) in [7, 11) is 0. The Kier molecular flexibility index (Phi) is 5.00. The first-order valence-corrected chi connectivity index (χ1v) is 7.16. The maximum atomic E-state index is 6.24. The Morgan fingerprint density at radius 3 is 2.37 bits per heavy atom. The van der Waals surface area contributed by atoms with Crippen molar-refractivity contribution in [2.45, 2.75) is 32.2 Å². The Balaban J connectivity index is 1.97. The highest BCUT2D eigenvalue weighted by Crippen LogP contribution is 2.21. The zero-order valence-electron chi connectivity index (χ0n) is 11.3. The van der Waals surface area contributed by atoms with E-state index in [0.717, 1.165) is 24.3 Å². The van der Waals surface area contributed by atoms with E-state index in [-0.39, 0.29) is 6.04 Å². The van der Waals surface area contributed by atoms with Gasteiger partial charge in [-0.25, -0.2) is 0 Å². The summed E-state index contributed by atoms with van der Waals surface area (Å²) in [6, 6.07) is 16.6.